The molecule has 1 rings (SSSR count). The molecule has 0 heterocycles. The maximum Gasteiger partial charge on any atom is 0.0571 e. The van der Waals surface area contributed by atoms with Crippen LogP contribution in [0, 0.1) is 5.41 Å². The van der Waals surface area contributed by atoms with E-state index in [0.717, 1.165) is 0 Å². The summed E-state index contributed by atoms with van der Waals surface area (Å²) in [4.78, 5) is 0. The molecule has 0 aromatic heterocycles. The van der Waals surface area contributed by atoms with Crippen LogP contribution >= 0.6 is 0 Å². The molecule has 0 amide bonds. The van der Waals surface area contributed by atoms with Crippen molar-refractivity contribution in [3.8, 4) is 0 Å². The lowest BCUT2D eigenvalue weighted by Crippen LogP contribution is -2.28. The second kappa shape index (κ2) is 5.69. The molecule has 0 radical (unpaired) electrons. The van der Waals surface area contributed by atoms with Crippen LogP contribution < -0.4 is 0 Å². The summed E-state index contributed by atoms with van der Waals surface area (Å²) in [6.45, 7) is 6.88. The van der Waals surface area contributed by atoms with Crippen molar-refractivity contribution in [2.24, 2.45) is 5.41 Å². The number of ether oxygens (including phenoxy) is 1. The summed E-state index contributed by atoms with van der Waals surface area (Å²) in [6, 6.07) is 0. The topological polar surface area (TPSA) is 9.23 Å². The predicted octanol–water partition coefficient (Wildman–Crippen LogP) is 4.33. The van der Waals surface area contributed by atoms with Gasteiger partial charge in [0.1, 0.15) is 0 Å². The van der Waals surface area contributed by atoms with E-state index in [2.05, 4.69) is 26.8 Å². The van der Waals surface area contributed by atoms with Crippen molar-refractivity contribution >= 4 is 0 Å². The van der Waals surface area contributed by atoms with Crippen LogP contribution in [0.15, 0.2) is 11.6 Å². The fourth-order valence-corrected chi connectivity index (χ4v) is 2.68. The first-order chi connectivity index (χ1) is 7.13. The molecule has 1 heteroatoms. The number of rotatable bonds is 4. The van der Waals surface area contributed by atoms with Gasteiger partial charge in [-0.15, -0.1) is 0 Å². The molecule has 15 heavy (non-hydrogen) atoms. The van der Waals surface area contributed by atoms with Gasteiger partial charge in [-0.1, -0.05) is 25.5 Å². The van der Waals surface area contributed by atoms with Crippen molar-refractivity contribution in [1.82, 2.24) is 0 Å². The quantitative estimate of drug-likeness (QED) is 0.628. The number of hydrogen-bond acceptors (Lipinski definition) is 1. The standard InChI is InChI=1S/C14H26O/c1-5-12(6-2)11-14(3)9-7-13(15-4)8-10-14/h5,13H,6-11H2,1-4H3/b12-5+. The van der Waals surface area contributed by atoms with E-state index in [0.29, 0.717) is 11.5 Å². The van der Waals surface area contributed by atoms with Crippen LogP contribution in [0.1, 0.15) is 59.3 Å². The van der Waals surface area contributed by atoms with E-state index >= 15 is 0 Å². The van der Waals surface area contributed by atoms with Gasteiger partial charge in [0, 0.05) is 7.11 Å². The molecular weight excluding hydrogens is 184 g/mol. The zero-order chi connectivity index (χ0) is 11.3. The zero-order valence-electron chi connectivity index (χ0n) is 10.8. The van der Waals surface area contributed by atoms with Gasteiger partial charge in [-0.05, 0) is 50.9 Å². The van der Waals surface area contributed by atoms with E-state index < -0.39 is 0 Å². The van der Waals surface area contributed by atoms with Gasteiger partial charge in [0.2, 0.25) is 0 Å². The summed E-state index contributed by atoms with van der Waals surface area (Å²) in [5, 5.41) is 0. The van der Waals surface area contributed by atoms with Crippen molar-refractivity contribution < 1.29 is 4.74 Å². The average Bonchev–Trinajstić information content (AvgIpc) is 2.27. The predicted molar refractivity (Wildman–Crippen MR) is 66.0 cm³/mol. The molecule has 0 aliphatic heterocycles. The second-order valence-corrected chi connectivity index (χ2v) is 5.22. The molecule has 0 atom stereocenters. The molecule has 1 saturated carbocycles. The third-order valence-electron chi connectivity index (χ3n) is 3.99. The minimum absolute atomic E-state index is 0.522. The van der Waals surface area contributed by atoms with Crippen LogP contribution in [0.2, 0.25) is 0 Å². The van der Waals surface area contributed by atoms with Crippen molar-refractivity contribution in [2.75, 3.05) is 7.11 Å². The van der Waals surface area contributed by atoms with E-state index in [1.165, 1.54) is 38.5 Å². The molecule has 1 fully saturated rings. The van der Waals surface area contributed by atoms with Gasteiger partial charge >= 0.3 is 0 Å². The molecule has 1 aliphatic rings. The van der Waals surface area contributed by atoms with Crippen LogP contribution in [0.4, 0.5) is 0 Å². The summed E-state index contributed by atoms with van der Waals surface area (Å²) in [5.41, 5.74) is 2.15. The minimum Gasteiger partial charge on any atom is -0.381 e. The monoisotopic (exact) mass is 210 g/mol. The summed E-state index contributed by atoms with van der Waals surface area (Å²) in [5.74, 6) is 0. The van der Waals surface area contributed by atoms with Crippen LogP contribution in [0.3, 0.4) is 0 Å². The number of methoxy groups -OCH3 is 1. The molecule has 1 nitrogen and oxygen atoms in total. The van der Waals surface area contributed by atoms with Crippen molar-refractivity contribution in [3.63, 3.8) is 0 Å². The van der Waals surface area contributed by atoms with Gasteiger partial charge in [-0.25, -0.2) is 0 Å². The first-order valence-electron chi connectivity index (χ1n) is 6.30. The van der Waals surface area contributed by atoms with E-state index in [9.17, 15) is 0 Å². The van der Waals surface area contributed by atoms with Gasteiger partial charge in [-0.3, -0.25) is 0 Å². The lowest BCUT2D eigenvalue weighted by molar-refractivity contribution is 0.0323. The van der Waals surface area contributed by atoms with Crippen molar-refractivity contribution in [2.45, 2.75) is 65.4 Å². The fourth-order valence-electron chi connectivity index (χ4n) is 2.68. The Balaban J connectivity index is 2.47. The van der Waals surface area contributed by atoms with Crippen LogP contribution in [0.5, 0.6) is 0 Å². The van der Waals surface area contributed by atoms with Gasteiger partial charge < -0.3 is 4.74 Å². The number of allylic oxidation sites excluding steroid dienone is 2. The maximum absolute atomic E-state index is 5.43. The van der Waals surface area contributed by atoms with E-state index in [1.54, 1.807) is 5.57 Å². The molecule has 0 N–H and O–H groups in total. The zero-order valence-corrected chi connectivity index (χ0v) is 10.8. The van der Waals surface area contributed by atoms with Gasteiger partial charge in [-0.2, -0.15) is 0 Å². The first-order valence-corrected chi connectivity index (χ1v) is 6.30. The molecule has 0 spiro atoms. The Kier molecular flexibility index (Phi) is 4.85. The van der Waals surface area contributed by atoms with Crippen molar-refractivity contribution in [3.05, 3.63) is 11.6 Å². The van der Waals surface area contributed by atoms with Crippen LogP contribution in [-0.4, -0.2) is 13.2 Å². The first kappa shape index (κ1) is 12.8. The Morgan fingerprint density at radius 3 is 2.40 bits per heavy atom. The maximum atomic E-state index is 5.43. The average molecular weight is 210 g/mol. The lowest BCUT2D eigenvalue weighted by Gasteiger charge is -2.37. The molecular formula is C14H26O. The highest BCUT2D eigenvalue weighted by Crippen LogP contribution is 2.41. The van der Waals surface area contributed by atoms with Crippen LogP contribution in [-0.2, 0) is 4.74 Å². The summed E-state index contributed by atoms with van der Waals surface area (Å²) in [6.07, 6.45) is 10.4. The van der Waals surface area contributed by atoms with Crippen molar-refractivity contribution in [1.29, 1.82) is 0 Å². The smallest absolute Gasteiger partial charge is 0.0571 e. The Morgan fingerprint density at radius 1 is 1.40 bits per heavy atom. The SMILES string of the molecule is C/C=C(\CC)CC1(C)CCC(OC)CC1. The minimum atomic E-state index is 0.522. The normalized spacial score (nSPS) is 33.1. The fraction of sp³-hybridized carbons (Fsp3) is 0.857. The molecule has 0 unspecified atom stereocenters. The molecule has 0 aromatic rings. The van der Waals surface area contributed by atoms with E-state index in [4.69, 9.17) is 4.74 Å². The Bertz CT molecular complexity index is 209. The third-order valence-corrected chi connectivity index (χ3v) is 3.99. The molecule has 88 valence electrons. The lowest BCUT2D eigenvalue weighted by atomic mass is 9.70. The van der Waals surface area contributed by atoms with E-state index in [1.807, 2.05) is 7.11 Å². The molecule has 0 bridgehead atoms. The van der Waals surface area contributed by atoms with Gasteiger partial charge in [0.05, 0.1) is 6.10 Å². The Morgan fingerprint density at radius 2 is 2.00 bits per heavy atom. The number of hydrogen-bond donors (Lipinski definition) is 0. The Labute approximate surface area is 94.9 Å². The summed E-state index contributed by atoms with van der Waals surface area (Å²) < 4.78 is 5.43. The Hall–Kier alpha value is -0.300. The molecule has 0 aromatic carbocycles. The van der Waals surface area contributed by atoms with Gasteiger partial charge in [0.25, 0.3) is 0 Å². The highest BCUT2D eigenvalue weighted by atomic mass is 16.5. The van der Waals surface area contributed by atoms with Crippen LogP contribution in [0.25, 0.3) is 0 Å². The van der Waals surface area contributed by atoms with E-state index in [-0.39, 0.29) is 0 Å². The highest BCUT2D eigenvalue weighted by Gasteiger charge is 2.31. The third kappa shape index (κ3) is 3.64. The largest absolute Gasteiger partial charge is 0.381 e. The molecule has 1 aliphatic carbocycles. The van der Waals surface area contributed by atoms with Gasteiger partial charge in [0.15, 0.2) is 0 Å². The summed E-state index contributed by atoms with van der Waals surface area (Å²) in [7, 11) is 1.84. The molecule has 0 saturated heterocycles. The highest BCUT2D eigenvalue weighted by molar-refractivity contribution is 5.04. The second-order valence-electron chi connectivity index (χ2n) is 5.22. The summed E-state index contributed by atoms with van der Waals surface area (Å²) >= 11 is 0.